The summed E-state index contributed by atoms with van der Waals surface area (Å²) in [7, 11) is -1.96. The number of quaternary nitrogens is 1. The lowest BCUT2D eigenvalue weighted by atomic mass is 10.1. The van der Waals surface area contributed by atoms with E-state index in [9.17, 15) is 75.1 Å². The van der Waals surface area contributed by atoms with Crippen LogP contribution in [0.2, 0.25) is 0 Å². The van der Waals surface area contributed by atoms with Crippen molar-refractivity contribution in [3.05, 3.63) is 81.4 Å². The Morgan fingerprint density at radius 1 is 0.796 bits per heavy atom. The third-order valence-corrected chi connectivity index (χ3v) is 17.3. The van der Waals surface area contributed by atoms with Crippen LogP contribution < -0.4 is 41.5 Å². The van der Waals surface area contributed by atoms with Crippen molar-refractivity contribution in [2.75, 3.05) is 171 Å². The number of nitrogens with zero attached hydrogens (tertiary/aromatic N) is 5. The molecule has 2 unspecified atom stereocenters. The van der Waals surface area contributed by atoms with E-state index in [0.29, 0.717) is 56.2 Å². The third kappa shape index (κ3) is 30.6. The standard InChI is InChI=1S/C61H94N12O23S2/c1-42-29-46(30-43(2)57(42)98(88,89)69-49(60(83)84)33-66-58(81)48-34-70(3)51-31-44(12-13-47(51)56(48)80)32-67-61-64-16-17-65-61)96-24-8-11-52(75)62-14-9-22-93-25-27-95-28-26-94-23-10-15-63-59(82)50(40-97(85,86)87)68-53(76)35-72(36-55(79)92-7)19-18-71(41-91-6)20-21-73(4,38-54(77)78)37-45(74)39-90-5/h12-13,16-17,29-31,34,49-50,53,68-69,76H,8-11,14-15,18-28,32-33,35-41H2,1-7H3,(H7-,62,63,64,65,66,67,75,77,78,81,82,83,84,85,86,87)/p+1/t49-,50-,53?,73?/m0/s1. The van der Waals surface area contributed by atoms with Crippen molar-refractivity contribution >= 4 is 78.4 Å². The van der Waals surface area contributed by atoms with Gasteiger partial charge in [0.15, 0.2) is 12.5 Å². The van der Waals surface area contributed by atoms with Gasteiger partial charge in [-0.05, 0) is 74.1 Å². The number of anilines is 1. The van der Waals surface area contributed by atoms with Gasteiger partial charge < -0.3 is 83.8 Å². The average Bonchev–Trinajstić information content (AvgIpc) is 0.833. The maximum absolute atomic E-state index is 13.6. The maximum Gasteiger partial charge on any atom is 0.359 e. The number of ether oxygens (including phenoxy) is 7. The molecule has 0 spiro atoms. The number of carboxylic acid groups (broad SMARTS) is 2. The number of sulfonamides is 1. The molecule has 0 fully saturated rings. The first-order valence-electron chi connectivity index (χ1n) is 31.3. The van der Waals surface area contributed by atoms with E-state index < -0.39 is 85.9 Å². The lowest BCUT2D eigenvalue weighted by Crippen LogP contribution is -2.56. The highest BCUT2D eigenvalue weighted by atomic mass is 32.2. The van der Waals surface area contributed by atoms with Crippen LogP contribution in [0.15, 0.2) is 58.6 Å². The van der Waals surface area contributed by atoms with E-state index in [0.717, 1.165) is 5.56 Å². The van der Waals surface area contributed by atoms with E-state index in [-0.39, 0.29) is 161 Å². The van der Waals surface area contributed by atoms with Crippen molar-refractivity contribution < 1.29 is 108 Å². The number of aliphatic hydroxyl groups is 1. The number of carbonyl (C=O) groups is 7. The van der Waals surface area contributed by atoms with Gasteiger partial charge in [0.1, 0.15) is 42.8 Å². The highest BCUT2D eigenvalue weighted by molar-refractivity contribution is 7.89. The largest absolute Gasteiger partial charge is 0.494 e. The number of amides is 3. The lowest BCUT2D eigenvalue weighted by Gasteiger charge is -2.35. The van der Waals surface area contributed by atoms with Gasteiger partial charge in [0.25, 0.3) is 16.0 Å². The van der Waals surface area contributed by atoms with Gasteiger partial charge >= 0.3 is 17.9 Å². The number of aryl methyl sites for hydroxylation is 3. The van der Waals surface area contributed by atoms with Crippen LogP contribution in [0.5, 0.6) is 5.75 Å². The van der Waals surface area contributed by atoms with Crippen LogP contribution in [0.4, 0.5) is 5.95 Å². The predicted molar refractivity (Wildman–Crippen MR) is 354 cm³/mol. The zero-order valence-electron chi connectivity index (χ0n) is 56.3. The number of likely N-dealkylation sites (N-methyl/N-ethyl adjacent to an activating group) is 1. The monoisotopic (exact) mass is 1430 g/mol. The number of Topliss-reactive ketones (excluding diaryl/α,β-unsaturated/α-hetero) is 1. The Hall–Kier alpha value is -7.63. The zero-order valence-corrected chi connectivity index (χ0v) is 58.0. The Morgan fingerprint density at radius 3 is 2.05 bits per heavy atom. The number of methoxy groups -OCH3 is 3. The summed E-state index contributed by atoms with van der Waals surface area (Å²) in [6, 6.07) is 4.61. The molecule has 0 radical (unpaired) electrons. The normalized spacial score (nSPS) is 13.4. The molecule has 0 bridgehead atoms. The molecular formula is C61H95N12O23S2+. The first-order valence-corrected chi connectivity index (χ1v) is 34.4. The number of hydrogen-bond acceptors (Lipinski definition) is 25. The van der Waals surface area contributed by atoms with E-state index >= 15 is 0 Å². The average molecular weight is 1430 g/mol. The Kier molecular flexibility index (Phi) is 35.8. The van der Waals surface area contributed by atoms with E-state index in [1.54, 1.807) is 54.2 Å². The maximum atomic E-state index is 13.6. The number of fused-ring (bicyclic) bond motifs is 1. The molecule has 0 aliphatic carbocycles. The molecular weight excluding hydrogens is 1330 g/mol. The SMILES string of the molecule is COCC(=O)C[N+](C)(CCN(CCN(CC(=O)OC)CC(O)N[C@@H](CS(=O)(=O)O)C(=O)NCCCOCCOCCOCCCNC(=O)CCCOc1cc(C)c(S(=O)(=O)N[C@@H](CNC(=O)c2cn(C)c3cc(CNc4ncc[nH]4)ccc3c2=O)C(=O)O)c(C)c1)COC)CC(=O)O. The first-order chi connectivity index (χ1) is 46.5. The summed E-state index contributed by atoms with van der Waals surface area (Å²) in [6.07, 6.45) is 4.30. The summed E-state index contributed by atoms with van der Waals surface area (Å²) in [5.74, 6) is -5.79. The van der Waals surface area contributed by atoms with Crippen LogP contribution in [0.3, 0.4) is 0 Å². The molecule has 2 aromatic heterocycles. The number of aromatic amines is 1. The fraction of sp³-hybridized carbons (Fsp3) is 0.590. The number of H-pyrrole nitrogens is 1. The molecule has 0 saturated heterocycles. The summed E-state index contributed by atoms with van der Waals surface area (Å²) in [5.41, 5.74) is 1.00. The second-order valence-electron chi connectivity index (χ2n) is 23.2. The Balaban J connectivity index is 1.07. The highest BCUT2D eigenvalue weighted by Crippen LogP contribution is 2.26. The van der Waals surface area contributed by atoms with Gasteiger partial charge in [-0.2, -0.15) is 13.1 Å². The smallest absolute Gasteiger partial charge is 0.359 e. The summed E-state index contributed by atoms with van der Waals surface area (Å²) in [6.45, 7) is 4.38. The van der Waals surface area contributed by atoms with E-state index in [4.69, 9.17) is 33.2 Å². The zero-order chi connectivity index (χ0) is 72.4. The molecule has 4 aromatic rings. The number of aliphatic carboxylic acids is 2. The molecule has 2 aromatic carbocycles. The van der Waals surface area contributed by atoms with Crippen molar-refractivity contribution in [1.29, 1.82) is 0 Å². The summed E-state index contributed by atoms with van der Waals surface area (Å²) in [5, 5.41) is 44.1. The second kappa shape index (κ2) is 42.4. The van der Waals surface area contributed by atoms with Gasteiger partial charge in [0, 0.05) is 117 Å². The van der Waals surface area contributed by atoms with E-state index in [2.05, 4.69) is 41.3 Å². The molecule has 0 aliphatic rings. The Morgan fingerprint density at radius 2 is 1.45 bits per heavy atom. The molecule has 548 valence electrons. The van der Waals surface area contributed by atoms with Crippen LogP contribution in [-0.2, 0) is 90.9 Å². The summed E-state index contributed by atoms with van der Waals surface area (Å²) >= 11 is 0. The van der Waals surface area contributed by atoms with Gasteiger partial charge in [-0.1, -0.05) is 6.07 Å². The molecule has 3 amide bonds. The fourth-order valence-corrected chi connectivity index (χ4v) is 12.4. The van der Waals surface area contributed by atoms with Crippen molar-refractivity contribution in [1.82, 2.24) is 50.3 Å². The van der Waals surface area contributed by atoms with Gasteiger partial charge in [-0.3, -0.25) is 53.2 Å². The number of aliphatic hydroxyl groups excluding tert-OH is 1. The minimum atomic E-state index is -4.73. The molecule has 35 nitrogen and oxygen atoms in total. The summed E-state index contributed by atoms with van der Waals surface area (Å²) in [4.78, 5) is 111. The number of ketones is 1. The second-order valence-corrected chi connectivity index (χ2v) is 26.4. The number of rotatable bonds is 52. The van der Waals surface area contributed by atoms with Crippen molar-refractivity contribution in [2.24, 2.45) is 7.05 Å². The van der Waals surface area contributed by atoms with Crippen LogP contribution in [0.25, 0.3) is 10.9 Å². The summed E-state index contributed by atoms with van der Waals surface area (Å²) < 4.78 is 102. The highest BCUT2D eigenvalue weighted by Gasteiger charge is 2.32. The van der Waals surface area contributed by atoms with Crippen molar-refractivity contribution in [2.45, 2.75) is 69.3 Å². The van der Waals surface area contributed by atoms with E-state index in [1.165, 1.54) is 58.4 Å². The quantitative estimate of drug-likeness (QED) is 0.00761. The van der Waals surface area contributed by atoms with Gasteiger partial charge in [-0.25, -0.2) is 18.2 Å². The number of imidazole rings is 1. The van der Waals surface area contributed by atoms with Gasteiger partial charge in [-0.15, -0.1) is 0 Å². The van der Waals surface area contributed by atoms with Crippen molar-refractivity contribution in [3.63, 3.8) is 0 Å². The van der Waals surface area contributed by atoms with Gasteiger partial charge in [0.2, 0.25) is 33.0 Å². The lowest BCUT2D eigenvalue weighted by molar-refractivity contribution is -0.894. The number of pyridine rings is 1. The third-order valence-electron chi connectivity index (χ3n) is 14.8. The molecule has 4 rings (SSSR count). The number of hydrogen-bond donors (Lipinski definition) is 11. The molecule has 4 atom stereocenters. The number of aromatic nitrogens is 3. The number of nitrogens with one attached hydrogen (secondary N) is 7. The molecule has 0 saturated carbocycles. The van der Waals surface area contributed by atoms with Crippen LogP contribution in [0.1, 0.15) is 52.7 Å². The van der Waals surface area contributed by atoms with Crippen LogP contribution in [0, 0.1) is 13.8 Å². The number of esters is 1. The molecule has 2 heterocycles. The Bertz CT molecular complexity index is 3510. The van der Waals surface area contributed by atoms with E-state index in [1.807, 2.05) is 0 Å². The molecule has 0 aliphatic heterocycles. The number of carboxylic acids is 2. The number of carbonyl (C=O) groups excluding carboxylic acids is 5. The molecule has 37 heteroatoms. The number of benzene rings is 2. The van der Waals surface area contributed by atoms with Crippen LogP contribution in [-0.4, -0.2) is 291 Å². The van der Waals surface area contributed by atoms with Crippen LogP contribution >= 0.6 is 0 Å². The minimum absolute atomic E-state index is 0.0378. The molecule has 98 heavy (non-hydrogen) atoms. The first kappa shape index (κ1) is 82.8. The van der Waals surface area contributed by atoms with Gasteiger partial charge in [0.05, 0.1) is 83.2 Å². The minimum Gasteiger partial charge on any atom is -0.494 e. The Labute approximate surface area is 568 Å². The fourth-order valence-electron chi connectivity index (χ4n) is 10.1. The molecule has 11 N–H and O–H groups in total. The topological polar surface area (TPSA) is 463 Å². The predicted octanol–water partition coefficient (Wildman–Crippen LogP) is -1.83. The van der Waals surface area contributed by atoms with Crippen molar-refractivity contribution in [3.8, 4) is 5.75 Å².